The second-order valence-corrected chi connectivity index (χ2v) is 3.63. The first-order chi connectivity index (χ1) is 7.59. The van der Waals surface area contributed by atoms with Gasteiger partial charge in [-0.3, -0.25) is 9.48 Å². The molecule has 3 nitrogen and oxygen atoms in total. The van der Waals surface area contributed by atoms with E-state index in [2.05, 4.69) is 5.10 Å². The summed E-state index contributed by atoms with van der Waals surface area (Å²) < 4.78 is 14.6. The highest BCUT2D eigenvalue weighted by Gasteiger charge is 2.13. The molecule has 0 fully saturated rings. The molecule has 0 spiro atoms. The smallest absolute Gasteiger partial charge is 0.211 e. The van der Waals surface area contributed by atoms with Crippen LogP contribution in [-0.2, 0) is 7.05 Å². The van der Waals surface area contributed by atoms with Crippen LogP contribution in [0.2, 0.25) is 0 Å². The Morgan fingerprint density at radius 2 is 2.12 bits per heavy atom. The predicted octanol–water partition coefficient (Wildman–Crippen LogP) is 2.10. The Labute approximate surface area is 92.5 Å². The van der Waals surface area contributed by atoms with E-state index in [9.17, 15) is 9.18 Å². The summed E-state index contributed by atoms with van der Waals surface area (Å²) in [6.07, 6.45) is 1.56. The van der Waals surface area contributed by atoms with Crippen molar-refractivity contribution in [2.75, 3.05) is 0 Å². The largest absolute Gasteiger partial charge is 0.287 e. The summed E-state index contributed by atoms with van der Waals surface area (Å²) in [5, 5.41) is 3.92. The topological polar surface area (TPSA) is 34.9 Å². The van der Waals surface area contributed by atoms with Gasteiger partial charge >= 0.3 is 0 Å². The summed E-state index contributed by atoms with van der Waals surface area (Å²) in [6, 6.07) is 5.97. The van der Waals surface area contributed by atoms with E-state index in [1.165, 1.54) is 16.8 Å². The quantitative estimate of drug-likeness (QED) is 0.723. The van der Waals surface area contributed by atoms with Crippen LogP contribution in [0.4, 0.5) is 4.39 Å². The number of benzene rings is 1. The highest BCUT2D eigenvalue weighted by molar-refractivity contribution is 6.07. The van der Waals surface area contributed by atoms with Crippen LogP contribution in [0.5, 0.6) is 0 Å². The van der Waals surface area contributed by atoms with Crippen molar-refractivity contribution in [2.24, 2.45) is 7.05 Å². The van der Waals surface area contributed by atoms with E-state index in [1.54, 1.807) is 32.3 Å². The molecule has 2 rings (SSSR count). The van der Waals surface area contributed by atoms with E-state index >= 15 is 0 Å². The van der Waals surface area contributed by atoms with Crippen molar-refractivity contribution in [3.05, 3.63) is 53.1 Å². The number of aryl methyl sites for hydroxylation is 2. The number of hydrogen-bond acceptors (Lipinski definition) is 2. The number of hydrogen-bond donors (Lipinski definition) is 0. The van der Waals surface area contributed by atoms with Crippen molar-refractivity contribution in [1.29, 1.82) is 0 Å². The number of aromatic nitrogens is 2. The van der Waals surface area contributed by atoms with E-state index in [1.807, 2.05) is 0 Å². The van der Waals surface area contributed by atoms with Crippen molar-refractivity contribution in [3.63, 3.8) is 0 Å². The Kier molecular flexibility index (Phi) is 2.56. The molecule has 16 heavy (non-hydrogen) atoms. The average molecular weight is 218 g/mol. The predicted molar refractivity (Wildman–Crippen MR) is 57.8 cm³/mol. The third kappa shape index (κ3) is 1.74. The molecule has 4 heteroatoms. The molecule has 0 saturated heterocycles. The third-order valence-electron chi connectivity index (χ3n) is 2.47. The summed E-state index contributed by atoms with van der Waals surface area (Å²) in [5.41, 5.74) is 1.43. The van der Waals surface area contributed by atoms with Crippen LogP contribution in [0.1, 0.15) is 21.6 Å². The summed E-state index contributed by atoms with van der Waals surface area (Å²) in [4.78, 5) is 12.0. The Balaban J connectivity index is 2.42. The fourth-order valence-corrected chi connectivity index (χ4v) is 1.53. The van der Waals surface area contributed by atoms with Crippen LogP contribution in [0.25, 0.3) is 0 Å². The van der Waals surface area contributed by atoms with Gasteiger partial charge in [0.25, 0.3) is 0 Å². The summed E-state index contributed by atoms with van der Waals surface area (Å²) in [6.45, 7) is 1.63. The number of halogens is 1. The van der Waals surface area contributed by atoms with Crippen LogP contribution in [0.15, 0.2) is 30.5 Å². The molecule has 0 saturated carbocycles. The summed E-state index contributed by atoms with van der Waals surface area (Å²) in [5.74, 6) is -0.454. The Morgan fingerprint density at radius 3 is 2.69 bits per heavy atom. The zero-order chi connectivity index (χ0) is 11.7. The lowest BCUT2D eigenvalue weighted by atomic mass is 10.1. The minimum atomic E-state index is -0.304. The van der Waals surface area contributed by atoms with Crippen LogP contribution in [0.3, 0.4) is 0 Å². The normalized spacial score (nSPS) is 10.4. The lowest BCUT2D eigenvalue weighted by molar-refractivity contribution is 0.103. The zero-order valence-electron chi connectivity index (χ0n) is 9.07. The van der Waals surface area contributed by atoms with E-state index in [0.717, 1.165) is 0 Å². The average Bonchev–Trinajstić information content (AvgIpc) is 2.67. The SMILES string of the molecule is Cc1cc(C(=O)c2ccnn2C)ccc1F. The van der Waals surface area contributed by atoms with E-state index < -0.39 is 0 Å². The fraction of sp³-hybridized carbons (Fsp3) is 0.167. The van der Waals surface area contributed by atoms with Gasteiger partial charge in [0.1, 0.15) is 11.5 Å². The van der Waals surface area contributed by atoms with Gasteiger partial charge < -0.3 is 0 Å². The van der Waals surface area contributed by atoms with Crippen molar-refractivity contribution in [3.8, 4) is 0 Å². The van der Waals surface area contributed by atoms with Gasteiger partial charge in [-0.2, -0.15) is 5.10 Å². The number of rotatable bonds is 2. The van der Waals surface area contributed by atoms with Crippen LogP contribution >= 0.6 is 0 Å². The summed E-state index contributed by atoms with van der Waals surface area (Å²) >= 11 is 0. The maximum Gasteiger partial charge on any atom is 0.211 e. The lowest BCUT2D eigenvalue weighted by Crippen LogP contribution is -2.08. The first kappa shape index (κ1) is 10.5. The molecule has 0 N–H and O–H groups in total. The van der Waals surface area contributed by atoms with Crippen LogP contribution in [-0.4, -0.2) is 15.6 Å². The number of ketones is 1. The Morgan fingerprint density at radius 1 is 1.38 bits per heavy atom. The van der Waals surface area contributed by atoms with Crippen molar-refractivity contribution < 1.29 is 9.18 Å². The van der Waals surface area contributed by atoms with Gasteiger partial charge in [0, 0.05) is 18.8 Å². The molecular formula is C12H11FN2O. The minimum absolute atomic E-state index is 0.150. The molecule has 0 aliphatic carbocycles. The standard InChI is InChI=1S/C12H11FN2O/c1-8-7-9(3-4-10(8)13)12(16)11-5-6-14-15(11)2/h3-7H,1-2H3. The number of carbonyl (C=O) groups is 1. The highest BCUT2D eigenvalue weighted by atomic mass is 19.1. The molecule has 1 aromatic heterocycles. The zero-order valence-corrected chi connectivity index (χ0v) is 9.07. The third-order valence-corrected chi connectivity index (χ3v) is 2.47. The molecule has 0 bridgehead atoms. The molecular weight excluding hydrogens is 207 g/mol. The van der Waals surface area contributed by atoms with Crippen molar-refractivity contribution >= 4 is 5.78 Å². The number of carbonyl (C=O) groups excluding carboxylic acids is 1. The first-order valence-corrected chi connectivity index (χ1v) is 4.88. The molecule has 82 valence electrons. The second-order valence-electron chi connectivity index (χ2n) is 3.63. The van der Waals surface area contributed by atoms with E-state index in [-0.39, 0.29) is 11.6 Å². The van der Waals surface area contributed by atoms with Gasteiger partial charge in [0.05, 0.1) is 0 Å². The molecule has 0 amide bonds. The summed E-state index contributed by atoms with van der Waals surface area (Å²) in [7, 11) is 1.70. The lowest BCUT2D eigenvalue weighted by Gasteiger charge is -2.03. The Hall–Kier alpha value is -1.97. The molecule has 1 heterocycles. The van der Waals surface area contributed by atoms with E-state index in [0.29, 0.717) is 16.8 Å². The maximum absolute atomic E-state index is 13.1. The van der Waals surface area contributed by atoms with Gasteiger partial charge in [0.2, 0.25) is 5.78 Å². The molecule has 1 aromatic carbocycles. The van der Waals surface area contributed by atoms with Crippen LogP contribution < -0.4 is 0 Å². The van der Waals surface area contributed by atoms with E-state index in [4.69, 9.17) is 0 Å². The first-order valence-electron chi connectivity index (χ1n) is 4.88. The maximum atomic E-state index is 13.1. The minimum Gasteiger partial charge on any atom is -0.287 e. The Bertz CT molecular complexity index is 546. The monoisotopic (exact) mass is 218 g/mol. The second kappa shape index (κ2) is 3.89. The molecule has 0 aliphatic heterocycles. The molecule has 0 unspecified atom stereocenters. The fourth-order valence-electron chi connectivity index (χ4n) is 1.53. The number of nitrogens with zero attached hydrogens (tertiary/aromatic N) is 2. The van der Waals surface area contributed by atoms with Gasteiger partial charge in [0.15, 0.2) is 0 Å². The molecule has 0 atom stereocenters. The van der Waals surface area contributed by atoms with Crippen molar-refractivity contribution in [1.82, 2.24) is 9.78 Å². The highest BCUT2D eigenvalue weighted by Crippen LogP contribution is 2.13. The molecule has 0 aliphatic rings. The van der Waals surface area contributed by atoms with Crippen LogP contribution in [0, 0.1) is 12.7 Å². The molecule has 0 radical (unpaired) electrons. The molecule has 2 aromatic rings. The van der Waals surface area contributed by atoms with Gasteiger partial charge in [-0.05, 0) is 36.8 Å². The van der Waals surface area contributed by atoms with Crippen molar-refractivity contribution in [2.45, 2.75) is 6.92 Å². The van der Waals surface area contributed by atoms with Gasteiger partial charge in [-0.1, -0.05) is 0 Å². The van der Waals surface area contributed by atoms with Gasteiger partial charge in [-0.25, -0.2) is 4.39 Å². The van der Waals surface area contributed by atoms with Gasteiger partial charge in [-0.15, -0.1) is 0 Å².